The largest absolute Gasteiger partial charge is 0.481 e. The summed E-state index contributed by atoms with van der Waals surface area (Å²) >= 11 is 0. The number of hydrogen-bond donors (Lipinski definition) is 1. The van der Waals surface area contributed by atoms with Gasteiger partial charge in [-0.3, -0.25) is 14.4 Å². The third-order valence-corrected chi connectivity index (χ3v) is 8.09. The Labute approximate surface area is 253 Å². The van der Waals surface area contributed by atoms with E-state index >= 15 is 0 Å². The van der Waals surface area contributed by atoms with Crippen LogP contribution >= 0.6 is 0 Å². The van der Waals surface area contributed by atoms with Crippen molar-refractivity contribution in [1.29, 1.82) is 0 Å². The van der Waals surface area contributed by atoms with Gasteiger partial charge in [0.05, 0.1) is 0 Å². The lowest BCUT2D eigenvalue weighted by atomic mass is 9.93. The minimum absolute atomic E-state index is 0.286. The maximum absolute atomic E-state index is 12.1. The highest BCUT2D eigenvalue weighted by molar-refractivity contribution is 5.76. The maximum Gasteiger partial charge on any atom is 0.316 e. The molecule has 0 atom stereocenters. The molecule has 1 N–H and O–H groups in total. The van der Waals surface area contributed by atoms with Crippen molar-refractivity contribution in [1.82, 2.24) is 0 Å². The van der Waals surface area contributed by atoms with Gasteiger partial charge in [-0.2, -0.15) is 0 Å². The molecule has 0 spiro atoms. The summed E-state index contributed by atoms with van der Waals surface area (Å²) in [6.07, 6.45) is 29.9. The van der Waals surface area contributed by atoms with E-state index < -0.39 is 11.4 Å². The van der Waals surface area contributed by atoms with Gasteiger partial charge >= 0.3 is 17.9 Å². The second kappa shape index (κ2) is 28.5. The number of carbonyl (C=O) groups is 3. The summed E-state index contributed by atoms with van der Waals surface area (Å²) in [6, 6.07) is 0. The number of carbonyl (C=O) groups excluding carboxylic acids is 2. The molecular weight excluding hydrogens is 516 g/mol. The van der Waals surface area contributed by atoms with E-state index in [1.165, 1.54) is 122 Å². The first-order valence-corrected chi connectivity index (χ1v) is 17.4. The number of aliphatic carboxylic acids is 1. The van der Waals surface area contributed by atoms with Crippen LogP contribution in [0, 0.1) is 5.41 Å². The third-order valence-electron chi connectivity index (χ3n) is 8.09. The second-order valence-corrected chi connectivity index (χ2v) is 12.5. The molecule has 0 aromatic rings. The second-order valence-electron chi connectivity index (χ2n) is 12.5. The maximum atomic E-state index is 12.1. The Balaban J connectivity index is 3.82. The van der Waals surface area contributed by atoms with Gasteiger partial charge in [0.25, 0.3) is 0 Å². The van der Waals surface area contributed by atoms with Gasteiger partial charge in [-0.25, -0.2) is 0 Å². The van der Waals surface area contributed by atoms with Crippen molar-refractivity contribution < 1.29 is 29.0 Å². The molecule has 0 aromatic carbocycles. The minimum Gasteiger partial charge on any atom is -0.481 e. The predicted molar refractivity (Wildman–Crippen MR) is 169 cm³/mol. The Morgan fingerprint density at radius 3 is 0.951 bits per heavy atom. The summed E-state index contributed by atoms with van der Waals surface area (Å²) in [5.41, 5.74) is -1.43. The van der Waals surface area contributed by atoms with Crippen molar-refractivity contribution >= 4 is 17.9 Å². The van der Waals surface area contributed by atoms with Crippen LogP contribution in [0.2, 0.25) is 0 Å². The number of carboxylic acids is 1. The van der Waals surface area contributed by atoms with Gasteiger partial charge in [0, 0.05) is 12.8 Å². The normalized spacial score (nSPS) is 11.5. The van der Waals surface area contributed by atoms with E-state index in [0.717, 1.165) is 38.5 Å². The van der Waals surface area contributed by atoms with Gasteiger partial charge in [-0.05, 0) is 19.8 Å². The summed E-state index contributed by atoms with van der Waals surface area (Å²) in [6.45, 7) is 5.38. The summed E-state index contributed by atoms with van der Waals surface area (Å²) in [5, 5.41) is 9.65. The lowest BCUT2D eigenvalue weighted by molar-refractivity contribution is -0.165. The van der Waals surface area contributed by atoms with E-state index in [2.05, 4.69) is 13.8 Å². The minimum atomic E-state index is -1.43. The molecule has 0 unspecified atom stereocenters. The fourth-order valence-corrected chi connectivity index (χ4v) is 5.01. The van der Waals surface area contributed by atoms with Crippen molar-refractivity contribution in [3.05, 3.63) is 0 Å². The standard InChI is InChI=1S/C35H66O6/c1-4-6-8-10-12-14-16-18-20-22-24-26-28-32(36)40-30-35(3,34(38)39)31-41-33(37)29-27-25-23-21-19-17-15-13-11-9-7-5-2/h4-31H2,1-3H3,(H,38,39). The molecule has 0 bridgehead atoms. The van der Waals surface area contributed by atoms with Crippen LogP contribution in [0.4, 0.5) is 0 Å². The van der Waals surface area contributed by atoms with E-state index in [4.69, 9.17) is 9.47 Å². The fourth-order valence-electron chi connectivity index (χ4n) is 5.01. The summed E-state index contributed by atoms with van der Waals surface area (Å²) in [7, 11) is 0. The lowest BCUT2D eigenvalue weighted by Gasteiger charge is -2.24. The SMILES string of the molecule is CCCCCCCCCCCCCCC(=O)OCC(C)(COC(=O)CCCCCCCCCCCCCC)C(=O)O. The van der Waals surface area contributed by atoms with Gasteiger partial charge in [-0.15, -0.1) is 0 Å². The van der Waals surface area contributed by atoms with Gasteiger partial charge in [0.2, 0.25) is 0 Å². The molecular formula is C35H66O6. The van der Waals surface area contributed by atoms with Crippen LogP contribution in [-0.4, -0.2) is 36.2 Å². The molecule has 0 saturated carbocycles. The predicted octanol–water partition coefficient (Wildman–Crippen LogP) is 10.3. The van der Waals surface area contributed by atoms with Crippen LogP contribution in [0.3, 0.4) is 0 Å². The molecule has 6 heteroatoms. The summed E-state index contributed by atoms with van der Waals surface area (Å²) < 4.78 is 10.5. The van der Waals surface area contributed by atoms with Crippen molar-refractivity contribution in [3.8, 4) is 0 Å². The Bertz CT molecular complexity index is 588. The van der Waals surface area contributed by atoms with Crippen molar-refractivity contribution in [2.75, 3.05) is 13.2 Å². The van der Waals surface area contributed by atoms with Crippen LogP contribution in [-0.2, 0) is 23.9 Å². The third kappa shape index (κ3) is 25.8. The molecule has 0 rings (SSSR count). The Morgan fingerprint density at radius 2 is 0.707 bits per heavy atom. The molecule has 0 saturated heterocycles. The molecule has 41 heavy (non-hydrogen) atoms. The highest BCUT2D eigenvalue weighted by Gasteiger charge is 2.36. The van der Waals surface area contributed by atoms with Crippen molar-refractivity contribution in [2.24, 2.45) is 5.41 Å². The highest BCUT2D eigenvalue weighted by Crippen LogP contribution is 2.20. The first-order chi connectivity index (χ1) is 19.9. The summed E-state index contributed by atoms with van der Waals surface area (Å²) in [4.78, 5) is 36.1. The van der Waals surface area contributed by atoms with Crippen LogP contribution < -0.4 is 0 Å². The zero-order valence-electron chi connectivity index (χ0n) is 27.3. The van der Waals surface area contributed by atoms with E-state index in [-0.39, 0.29) is 25.2 Å². The first-order valence-electron chi connectivity index (χ1n) is 17.4. The fraction of sp³-hybridized carbons (Fsp3) is 0.914. The Morgan fingerprint density at radius 1 is 0.463 bits per heavy atom. The zero-order valence-corrected chi connectivity index (χ0v) is 27.3. The van der Waals surface area contributed by atoms with Crippen LogP contribution in [0.25, 0.3) is 0 Å². The molecule has 0 aliphatic rings. The van der Waals surface area contributed by atoms with Crippen molar-refractivity contribution in [3.63, 3.8) is 0 Å². The van der Waals surface area contributed by atoms with Crippen LogP contribution in [0.5, 0.6) is 0 Å². The topological polar surface area (TPSA) is 89.9 Å². The smallest absolute Gasteiger partial charge is 0.316 e. The molecule has 0 radical (unpaired) electrons. The molecule has 0 aromatic heterocycles. The molecule has 0 aliphatic heterocycles. The number of unbranched alkanes of at least 4 members (excludes halogenated alkanes) is 22. The molecule has 0 aliphatic carbocycles. The van der Waals surface area contributed by atoms with Gasteiger partial charge in [0.15, 0.2) is 0 Å². The Kier molecular flexibility index (Phi) is 27.4. The van der Waals surface area contributed by atoms with E-state index in [1.807, 2.05) is 0 Å². The zero-order chi connectivity index (χ0) is 30.4. The summed E-state index contributed by atoms with van der Waals surface area (Å²) in [5.74, 6) is -1.89. The molecule has 0 heterocycles. The van der Waals surface area contributed by atoms with E-state index in [0.29, 0.717) is 12.8 Å². The quantitative estimate of drug-likeness (QED) is 0.0646. The molecule has 6 nitrogen and oxygen atoms in total. The number of esters is 2. The van der Waals surface area contributed by atoms with Gasteiger partial charge in [-0.1, -0.05) is 155 Å². The molecule has 0 fully saturated rings. The average molecular weight is 583 g/mol. The monoisotopic (exact) mass is 582 g/mol. The van der Waals surface area contributed by atoms with E-state index in [9.17, 15) is 19.5 Å². The number of rotatable bonds is 31. The molecule has 0 amide bonds. The number of carboxylic acid groups (broad SMARTS) is 1. The van der Waals surface area contributed by atoms with E-state index in [1.54, 1.807) is 0 Å². The van der Waals surface area contributed by atoms with Gasteiger partial charge < -0.3 is 14.6 Å². The van der Waals surface area contributed by atoms with Crippen LogP contribution in [0.15, 0.2) is 0 Å². The number of hydrogen-bond acceptors (Lipinski definition) is 5. The highest BCUT2D eigenvalue weighted by atomic mass is 16.6. The lowest BCUT2D eigenvalue weighted by Crippen LogP contribution is -2.39. The number of ether oxygens (including phenoxy) is 2. The molecule has 242 valence electrons. The average Bonchev–Trinajstić information content (AvgIpc) is 2.96. The first kappa shape index (κ1) is 39.4. The Hall–Kier alpha value is -1.59. The van der Waals surface area contributed by atoms with Crippen molar-refractivity contribution in [2.45, 2.75) is 188 Å². The van der Waals surface area contributed by atoms with Crippen LogP contribution in [0.1, 0.15) is 188 Å². The van der Waals surface area contributed by atoms with Gasteiger partial charge in [0.1, 0.15) is 18.6 Å².